The van der Waals surface area contributed by atoms with Gasteiger partial charge in [-0.25, -0.2) is 0 Å². The van der Waals surface area contributed by atoms with Crippen molar-refractivity contribution in [2.75, 3.05) is 0 Å². The highest BCUT2D eigenvalue weighted by Gasteiger charge is 2.55. The fourth-order valence-electron chi connectivity index (χ4n) is 8.31. The SMILES string of the molecule is CC(C)=C(C)CCC(C)C1CCC2C3=C(CCC21C)C1(C)CCC(O)CC1CC3. The molecule has 4 aliphatic rings. The van der Waals surface area contributed by atoms with Gasteiger partial charge in [0.05, 0.1) is 6.10 Å². The van der Waals surface area contributed by atoms with E-state index < -0.39 is 0 Å². The Hall–Kier alpha value is -0.560. The Morgan fingerprint density at radius 3 is 2.52 bits per heavy atom. The van der Waals surface area contributed by atoms with Crippen molar-refractivity contribution >= 4 is 0 Å². The summed E-state index contributed by atoms with van der Waals surface area (Å²) in [5, 5.41) is 10.3. The van der Waals surface area contributed by atoms with E-state index in [1.807, 2.05) is 11.1 Å². The molecule has 7 unspecified atom stereocenters. The topological polar surface area (TPSA) is 20.2 Å². The van der Waals surface area contributed by atoms with Gasteiger partial charge in [-0.05, 0) is 126 Å². The number of hydrogen-bond donors (Lipinski definition) is 1. The van der Waals surface area contributed by atoms with Crippen molar-refractivity contribution in [1.82, 2.24) is 0 Å². The summed E-state index contributed by atoms with van der Waals surface area (Å²) in [7, 11) is 0. The Morgan fingerprint density at radius 2 is 1.79 bits per heavy atom. The third-order valence-corrected chi connectivity index (χ3v) is 10.6. The first-order valence-corrected chi connectivity index (χ1v) is 12.7. The summed E-state index contributed by atoms with van der Waals surface area (Å²) in [5.74, 6) is 3.34. The summed E-state index contributed by atoms with van der Waals surface area (Å²) in [4.78, 5) is 0. The zero-order valence-corrected chi connectivity index (χ0v) is 20.1. The number of aliphatic hydroxyl groups excluding tert-OH is 1. The lowest BCUT2D eigenvalue weighted by molar-refractivity contribution is 0.0133. The average molecular weight is 399 g/mol. The third-order valence-electron chi connectivity index (χ3n) is 10.6. The molecular weight excluding hydrogens is 352 g/mol. The molecule has 0 aliphatic heterocycles. The Kier molecular flexibility index (Phi) is 5.86. The summed E-state index contributed by atoms with van der Waals surface area (Å²) in [6, 6.07) is 0. The quantitative estimate of drug-likeness (QED) is 0.478. The monoisotopic (exact) mass is 398 g/mol. The van der Waals surface area contributed by atoms with Gasteiger partial charge in [0, 0.05) is 0 Å². The first-order chi connectivity index (χ1) is 13.7. The summed E-state index contributed by atoms with van der Waals surface area (Å²) in [6.07, 6.45) is 14.2. The van der Waals surface area contributed by atoms with Crippen LogP contribution >= 0.6 is 0 Å². The Morgan fingerprint density at radius 1 is 1.03 bits per heavy atom. The Bertz CT molecular complexity index is 695. The number of fused-ring (bicyclic) bond motifs is 4. The number of aliphatic hydroxyl groups is 1. The zero-order valence-electron chi connectivity index (χ0n) is 20.1. The fraction of sp³-hybridized carbons (Fsp3) is 0.857. The molecule has 0 aromatic carbocycles. The number of hydrogen-bond acceptors (Lipinski definition) is 1. The van der Waals surface area contributed by atoms with Gasteiger partial charge in [-0.3, -0.25) is 0 Å². The van der Waals surface area contributed by atoms with Crippen molar-refractivity contribution < 1.29 is 5.11 Å². The van der Waals surface area contributed by atoms with Gasteiger partial charge in [0.2, 0.25) is 0 Å². The van der Waals surface area contributed by atoms with E-state index in [0.717, 1.165) is 36.5 Å². The van der Waals surface area contributed by atoms with Crippen LogP contribution in [0.2, 0.25) is 0 Å². The van der Waals surface area contributed by atoms with E-state index >= 15 is 0 Å². The molecular formula is C28H46O. The third kappa shape index (κ3) is 3.58. The van der Waals surface area contributed by atoms with Crippen LogP contribution in [-0.2, 0) is 0 Å². The van der Waals surface area contributed by atoms with Crippen LogP contribution in [0.3, 0.4) is 0 Å². The minimum atomic E-state index is -0.0370. The van der Waals surface area contributed by atoms with E-state index in [0.29, 0.717) is 10.8 Å². The highest BCUT2D eigenvalue weighted by molar-refractivity contribution is 5.34. The second kappa shape index (κ2) is 7.85. The van der Waals surface area contributed by atoms with Crippen LogP contribution in [0.25, 0.3) is 0 Å². The molecule has 0 amide bonds. The first kappa shape index (κ1) is 21.7. The fourth-order valence-corrected chi connectivity index (χ4v) is 8.31. The molecule has 1 heteroatoms. The molecule has 0 aromatic heterocycles. The standard InChI is InChI=1S/C28H46O/c1-18(2)19(3)7-8-20(4)24-11-12-25-23-10-9-21-17-22(29)13-15-27(21,5)26(23)14-16-28(24,25)6/h20-22,24-25,29H,7-17H2,1-6H3. The van der Waals surface area contributed by atoms with Gasteiger partial charge in [0.25, 0.3) is 0 Å². The molecule has 29 heavy (non-hydrogen) atoms. The Balaban J connectivity index is 1.54. The lowest BCUT2D eigenvalue weighted by Gasteiger charge is -2.55. The molecule has 0 aromatic rings. The van der Waals surface area contributed by atoms with Crippen molar-refractivity contribution in [3.63, 3.8) is 0 Å². The van der Waals surface area contributed by atoms with Crippen molar-refractivity contribution in [3.05, 3.63) is 22.3 Å². The van der Waals surface area contributed by atoms with Crippen molar-refractivity contribution in [1.29, 1.82) is 0 Å². The molecule has 0 spiro atoms. The second-order valence-corrected chi connectivity index (χ2v) is 12.1. The van der Waals surface area contributed by atoms with Crippen LogP contribution in [0.5, 0.6) is 0 Å². The smallest absolute Gasteiger partial charge is 0.0543 e. The van der Waals surface area contributed by atoms with Gasteiger partial charge in [-0.15, -0.1) is 0 Å². The molecule has 2 saturated carbocycles. The van der Waals surface area contributed by atoms with Gasteiger partial charge in [-0.1, -0.05) is 43.1 Å². The summed E-state index contributed by atoms with van der Waals surface area (Å²) in [5.41, 5.74) is 7.84. The van der Waals surface area contributed by atoms with E-state index in [2.05, 4.69) is 41.5 Å². The predicted molar refractivity (Wildman–Crippen MR) is 124 cm³/mol. The van der Waals surface area contributed by atoms with E-state index in [1.165, 1.54) is 63.4 Å². The first-order valence-electron chi connectivity index (χ1n) is 12.7. The predicted octanol–water partition coefficient (Wildman–Crippen LogP) is 7.84. The molecule has 0 heterocycles. The molecule has 2 fully saturated rings. The van der Waals surface area contributed by atoms with Crippen LogP contribution < -0.4 is 0 Å². The molecule has 164 valence electrons. The van der Waals surface area contributed by atoms with E-state index in [1.54, 1.807) is 5.57 Å². The molecule has 0 bridgehead atoms. The molecule has 1 N–H and O–H groups in total. The molecule has 7 atom stereocenters. The molecule has 0 saturated heterocycles. The summed E-state index contributed by atoms with van der Waals surface area (Å²) < 4.78 is 0. The van der Waals surface area contributed by atoms with Gasteiger partial charge in [-0.2, -0.15) is 0 Å². The minimum Gasteiger partial charge on any atom is -0.393 e. The normalized spacial score (nSPS) is 42.7. The Labute approximate surface area is 180 Å². The van der Waals surface area contributed by atoms with E-state index in [9.17, 15) is 5.11 Å². The molecule has 0 radical (unpaired) electrons. The van der Waals surface area contributed by atoms with Gasteiger partial charge >= 0.3 is 0 Å². The largest absolute Gasteiger partial charge is 0.393 e. The number of allylic oxidation sites excluding steroid dienone is 4. The van der Waals surface area contributed by atoms with Crippen LogP contribution in [0.4, 0.5) is 0 Å². The second-order valence-electron chi connectivity index (χ2n) is 12.1. The van der Waals surface area contributed by atoms with E-state index in [-0.39, 0.29) is 6.10 Å². The molecule has 4 rings (SSSR count). The van der Waals surface area contributed by atoms with Gasteiger partial charge in [0.15, 0.2) is 0 Å². The maximum atomic E-state index is 10.3. The molecule has 4 aliphatic carbocycles. The van der Waals surface area contributed by atoms with Crippen molar-refractivity contribution in [2.45, 2.75) is 118 Å². The summed E-state index contributed by atoms with van der Waals surface area (Å²) in [6.45, 7) is 14.7. The molecule has 1 nitrogen and oxygen atoms in total. The van der Waals surface area contributed by atoms with Crippen LogP contribution in [-0.4, -0.2) is 11.2 Å². The summed E-state index contributed by atoms with van der Waals surface area (Å²) >= 11 is 0. The minimum absolute atomic E-state index is 0.0370. The average Bonchev–Trinajstić information content (AvgIpc) is 3.03. The lowest BCUT2D eigenvalue weighted by atomic mass is 9.50. The van der Waals surface area contributed by atoms with E-state index in [4.69, 9.17) is 0 Å². The van der Waals surface area contributed by atoms with Crippen LogP contribution in [0.15, 0.2) is 22.3 Å². The van der Waals surface area contributed by atoms with Gasteiger partial charge in [0.1, 0.15) is 0 Å². The number of rotatable bonds is 4. The highest BCUT2D eigenvalue weighted by atomic mass is 16.3. The lowest BCUT2D eigenvalue weighted by Crippen LogP contribution is -2.45. The highest BCUT2D eigenvalue weighted by Crippen LogP contribution is 2.66. The van der Waals surface area contributed by atoms with Crippen molar-refractivity contribution in [2.24, 2.45) is 34.5 Å². The van der Waals surface area contributed by atoms with Crippen LogP contribution in [0, 0.1) is 34.5 Å². The maximum Gasteiger partial charge on any atom is 0.0543 e. The maximum absolute atomic E-state index is 10.3. The van der Waals surface area contributed by atoms with Gasteiger partial charge < -0.3 is 5.11 Å². The zero-order chi connectivity index (χ0) is 21.0. The van der Waals surface area contributed by atoms with Crippen LogP contribution in [0.1, 0.15) is 112 Å². The van der Waals surface area contributed by atoms with Crippen molar-refractivity contribution in [3.8, 4) is 0 Å².